The summed E-state index contributed by atoms with van der Waals surface area (Å²) in [6.45, 7) is 9.87. The average molecular weight is 314 g/mol. The minimum atomic E-state index is 0. The second kappa shape index (κ2) is 13.0. The van der Waals surface area contributed by atoms with Crippen molar-refractivity contribution in [2.45, 2.75) is 33.1 Å². The third-order valence-electron chi connectivity index (χ3n) is 3.28. The molecule has 0 aliphatic heterocycles. The van der Waals surface area contributed by atoms with E-state index in [-0.39, 0.29) is 30.7 Å². The monoisotopic (exact) mass is 313 g/mol. The van der Waals surface area contributed by atoms with Crippen LogP contribution in [0.3, 0.4) is 0 Å². The fourth-order valence-corrected chi connectivity index (χ4v) is 1.84. The van der Waals surface area contributed by atoms with Crippen LogP contribution >= 0.6 is 24.8 Å². The largest absolute Gasteiger partial charge is 0.355 e. The van der Waals surface area contributed by atoms with Crippen LogP contribution in [0.15, 0.2) is 0 Å². The second-order valence-corrected chi connectivity index (χ2v) is 4.80. The maximum Gasteiger partial charge on any atom is 0.233 e. The molecule has 1 aliphatic carbocycles. The van der Waals surface area contributed by atoms with Gasteiger partial charge in [0, 0.05) is 6.54 Å². The van der Waals surface area contributed by atoms with Crippen molar-refractivity contribution >= 4 is 30.7 Å². The standard InChI is InChI=1S/C13H27N3O.2ClH/c1-3-16(4-2)9-5-8-15-13(17)11-14-10-12-6-7-12;;/h12,14H,3-11H2,1-2H3,(H,15,17);2*1H. The number of hydrogen-bond donors (Lipinski definition) is 2. The summed E-state index contributed by atoms with van der Waals surface area (Å²) in [6, 6.07) is 0. The van der Waals surface area contributed by atoms with Gasteiger partial charge in [-0.05, 0) is 51.4 Å². The van der Waals surface area contributed by atoms with Crippen LogP contribution in [-0.2, 0) is 4.79 Å². The van der Waals surface area contributed by atoms with Crippen molar-refractivity contribution < 1.29 is 4.79 Å². The van der Waals surface area contributed by atoms with E-state index in [4.69, 9.17) is 0 Å². The predicted molar refractivity (Wildman–Crippen MR) is 85.5 cm³/mol. The Hall–Kier alpha value is -0.0300. The summed E-state index contributed by atoms with van der Waals surface area (Å²) in [6.07, 6.45) is 3.70. The van der Waals surface area contributed by atoms with Crippen molar-refractivity contribution in [2.24, 2.45) is 5.92 Å². The molecule has 0 bridgehead atoms. The van der Waals surface area contributed by atoms with Crippen molar-refractivity contribution in [3.8, 4) is 0 Å². The molecule has 0 heterocycles. The minimum absolute atomic E-state index is 0. The van der Waals surface area contributed by atoms with Gasteiger partial charge in [-0.2, -0.15) is 0 Å². The van der Waals surface area contributed by atoms with Crippen LogP contribution < -0.4 is 10.6 Å². The highest BCUT2D eigenvalue weighted by Crippen LogP contribution is 2.27. The van der Waals surface area contributed by atoms with Gasteiger partial charge in [-0.3, -0.25) is 4.79 Å². The third-order valence-corrected chi connectivity index (χ3v) is 3.28. The van der Waals surface area contributed by atoms with Crippen LogP contribution in [0.5, 0.6) is 0 Å². The summed E-state index contributed by atoms with van der Waals surface area (Å²) in [7, 11) is 0. The van der Waals surface area contributed by atoms with Gasteiger partial charge in [0.25, 0.3) is 0 Å². The molecule has 1 amide bonds. The molecule has 0 aromatic carbocycles. The van der Waals surface area contributed by atoms with Gasteiger partial charge < -0.3 is 15.5 Å². The van der Waals surface area contributed by atoms with Crippen molar-refractivity contribution in [1.82, 2.24) is 15.5 Å². The first-order valence-corrected chi connectivity index (χ1v) is 6.96. The van der Waals surface area contributed by atoms with E-state index in [1.807, 2.05) is 0 Å². The summed E-state index contributed by atoms with van der Waals surface area (Å²) >= 11 is 0. The Balaban J connectivity index is 0. The number of rotatable bonds is 10. The minimum Gasteiger partial charge on any atom is -0.355 e. The zero-order chi connectivity index (χ0) is 12.5. The molecule has 2 N–H and O–H groups in total. The zero-order valence-electron chi connectivity index (χ0n) is 12.1. The van der Waals surface area contributed by atoms with Gasteiger partial charge in [-0.25, -0.2) is 0 Å². The summed E-state index contributed by atoms with van der Waals surface area (Å²) in [4.78, 5) is 13.8. The lowest BCUT2D eigenvalue weighted by molar-refractivity contribution is -0.120. The lowest BCUT2D eigenvalue weighted by atomic mass is 10.3. The molecule has 0 unspecified atom stereocenters. The molecule has 0 radical (unpaired) electrons. The Labute approximate surface area is 129 Å². The van der Waals surface area contributed by atoms with Crippen LogP contribution in [0, 0.1) is 5.92 Å². The molecule has 4 nitrogen and oxygen atoms in total. The van der Waals surface area contributed by atoms with E-state index < -0.39 is 0 Å². The highest BCUT2D eigenvalue weighted by molar-refractivity contribution is 5.85. The van der Waals surface area contributed by atoms with Crippen LogP contribution in [-0.4, -0.2) is 50.1 Å². The molecule has 1 saturated carbocycles. The first kappa shape index (κ1) is 21.3. The van der Waals surface area contributed by atoms with Crippen molar-refractivity contribution in [3.05, 3.63) is 0 Å². The molecule has 116 valence electrons. The van der Waals surface area contributed by atoms with Gasteiger partial charge in [0.2, 0.25) is 5.91 Å². The van der Waals surface area contributed by atoms with Crippen LogP contribution in [0.25, 0.3) is 0 Å². The van der Waals surface area contributed by atoms with Gasteiger partial charge in [0.15, 0.2) is 0 Å². The molecule has 6 heteroatoms. The van der Waals surface area contributed by atoms with E-state index in [0.29, 0.717) is 6.54 Å². The summed E-state index contributed by atoms with van der Waals surface area (Å²) in [5, 5.41) is 6.15. The van der Waals surface area contributed by atoms with Gasteiger partial charge in [-0.15, -0.1) is 24.8 Å². The number of carbonyl (C=O) groups excluding carboxylic acids is 1. The van der Waals surface area contributed by atoms with Crippen LogP contribution in [0.1, 0.15) is 33.1 Å². The van der Waals surface area contributed by atoms with E-state index in [0.717, 1.165) is 45.1 Å². The topological polar surface area (TPSA) is 44.4 Å². The number of amides is 1. The van der Waals surface area contributed by atoms with Gasteiger partial charge in [0.05, 0.1) is 6.54 Å². The zero-order valence-corrected chi connectivity index (χ0v) is 13.7. The normalized spacial score (nSPS) is 13.6. The molecule has 1 rings (SSSR count). The van der Waals surface area contributed by atoms with Crippen LogP contribution in [0.2, 0.25) is 0 Å². The molecular weight excluding hydrogens is 285 g/mol. The van der Waals surface area contributed by atoms with Gasteiger partial charge in [-0.1, -0.05) is 13.8 Å². The summed E-state index contributed by atoms with van der Waals surface area (Å²) in [5.74, 6) is 0.968. The van der Waals surface area contributed by atoms with E-state index in [1.165, 1.54) is 12.8 Å². The lowest BCUT2D eigenvalue weighted by Gasteiger charge is -2.17. The maximum absolute atomic E-state index is 11.4. The van der Waals surface area contributed by atoms with E-state index in [1.54, 1.807) is 0 Å². The Bertz CT molecular complexity index is 222. The van der Waals surface area contributed by atoms with Gasteiger partial charge in [0.1, 0.15) is 0 Å². The van der Waals surface area contributed by atoms with E-state index in [9.17, 15) is 4.79 Å². The number of hydrogen-bond acceptors (Lipinski definition) is 3. The average Bonchev–Trinajstić information content (AvgIpc) is 3.13. The first-order valence-electron chi connectivity index (χ1n) is 6.96. The summed E-state index contributed by atoms with van der Waals surface area (Å²) in [5.41, 5.74) is 0. The van der Waals surface area contributed by atoms with Crippen molar-refractivity contribution in [3.63, 3.8) is 0 Å². The van der Waals surface area contributed by atoms with Crippen molar-refractivity contribution in [1.29, 1.82) is 0 Å². The number of nitrogens with one attached hydrogen (secondary N) is 2. The molecule has 0 spiro atoms. The molecule has 1 aliphatic rings. The predicted octanol–water partition coefficient (Wildman–Crippen LogP) is 1.68. The molecule has 19 heavy (non-hydrogen) atoms. The number of halogens is 2. The highest BCUT2D eigenvalue weighted by Gasteiger charge is 2.20. The molecule has 0 aromatic heterocycles. The molecular formula is C13H29Cl2N3O. The van der Waals surface area contributed by atoms with Crippen LogP contribution in [0.4, 0.5) is 0 Å². The molecule has 0 atom stereocenters. The Morgan fingerprint density at radius 3 is 2.37 bits per heavy atom. The summed E-state index contributed by atoms with van der Waals surface area (Å²) < 4.78 is 0. The number of carbonyl (C=O) groups is 1. The lowest BCUT2D eigenvalue weighted by Crippen LogP contribution is -2.36. The van der Waals surface area contributed by atoms with E-state index >= 15 is 0 Å². The Morgan fingerprint density at radius 2 is 1.84 bits per heavy atom. The van der Waals surface area contributed by atoms with Gasteiger partial charge >= 0.3 is 0 Å². The SMILES string of the molecule is CCN(CC)CCCNC(=O)CNCC1CC1.Cl.Cl. The smallest absolute Gasteiger partial charge is 0.233 e. The molecule has 0 aromatic rings. The number of nitrogens with zero attached hydrogens (tertiary/aromatic N) is 1. The Kier molecular flexibility index (Phi) is 14.5. The highest BCUT2D eigenvalue weighted by atomic mass is 35.5. The molecule has 0 saturated heterocycles. The second-order valence-electron chi connectivity index (χ2n) is 4.80. The first-order chi connectivity index (χ1) is 8.26. The fraction of sp³-hybridized carbons (Fsp3) is 0.923. The fourth-order valence-electron chi connectivity index (χ4n) is 1.84. The Morgan fingerprint density at radius 1 is 1.21 bits per heavy atom. The maximum atomic E-state index is 11.4. The van der Waals surface area contributed by atoms with E-state index in [2.05, 4.69) is 29.4 Å². The third kappa shape index (κ3) is 11.5. The van der Waals surface area contributed by atoms with Crippen molar-refractivity contribution in [2.75, 3.05) is 39.3 Å². The molecule has 1 fully saturated rings. The quantitative estimate of drug-likeness (QED) is 0.603.